The van der Waals surface area contributed by atoms with Crippen LogP contribution < -0.4 is 0 Å². The second kappa shape index (κ2) is 9.30. The Bertz CT molecular complexity index is 340. The van der Waals surface area contributed by atoms with Crippen LogP contribution in [0.2, 0.25) is 0 Å². The van der Waals surface area contributed by atoms with E-state index in [0.717, 1.165) is 13.5 Å². The van der Waals surface area contributed by atoms with E-state index in [-0.39, 0.29) is 13.2 Å². The van der Waals surface area contributed by atoms with Gasteiger partial charge >= 0.3 is 17.9 Å². The number of rotatable bonds is 9. The predicted octanol–water partition coefficient (Wildman–Crippen LogP) is 0.577. The molecule has 116 valence electrons. The number of carbonyl (C=O) groups is 3. The van der Waals surface area contributed by atoms with Gasteiger partial charge < -0.3 is 19.3 Å². The third-order valence-corrected chi connectivity index (χ3v) is 2.52. The molecule has 0 aromatic carbocycles. The molecule has 0 bridgehead atoms. The fourth-order valence-electron chi connectivity index (χ4n) is 1.40. The molecule has 1 atom stereocenters. The van der Waals surface area contributed by atoms with Gasteiger partial charge in [-0.25, -0.2) is 4.79 Å². The van der Waals surface area contributed by atoms with Gasteiger partial charge in [0.15, 0.2) is 5.60 Å². The van der Waals surface area contributed by atoms with E-state index in [4.69, 9.17) is 4.74 Å². The summed E-state index contributed by atoms with van der Waals surface area (Å²) in [4.78, 5) is 34.5. The van der Waals surface area contributed by atoms with Gasteiger partial charge in [-0.05, 0) is 13.3 Å². The van der Waals surface area contributed by atoms with E-state index < -0.39 is 36.4 Å². The predicted molar refractivity (Wildman–Crippen MR) is 68.7 cm³/mol. The maximum absolute atomic E-state index is 11.7. The SMILES string of the molecule is CCCCOC(=O)CC(O)(CC(=O)OC)C(=O)OCC. The van der Waals surface area contributed by atoms with Crippen molar-refractivity contribution in [2.75, 3.05) is 20.3 Å². The van der Waals surface area contributed by atoms with E-state index in [2.05, 4.69) is 9.47 Å². The number of esters is 3. The molecule has 0 aromatic heterocycles. The molecular formula is C13H22O7. The topological polar surface area (TPSA) is 99.1 Å². The number of hydrogen-bond donors (Lipinski definition) is 1. The highest BCUT2D eigenvalue weighted by atomic mass is 16.6. The van der Waals surface area contributed by atoms with E-state index in [0.29, 0.717) is 6.42 Å². The number of unbranched alkanes of at least 4 members (excludes halogenated alkanes) is 1. The average Bonchev–Trinajstić information content (AvgIpc) is 2.38. The van der Waals surface area contributed by atoms with Gasteiger partial charge in [-0.3, -0.25) is 9.59 Å². The maximum Gasteiger partial charge on any atom is 0.339 e. The molecular weight excluding hydrogens is 268 g/mol. The van der Waals surface area contributed by atoms with Crippen molar-refractivity contribution in [1.82, 2.24) is 0 Å². The number of aliphatic hydroxyl groups is 1. The third kappa shape index (κ3) is 6.51. The Morgan fingerprint density at radius 2 is 1.65 bits per heavy atom. The van der Waals surface area contributed by atoms with Gasteiger partial charge in [-0.15, -0.1) is 0 Å². The quantitative estimate of drug-likeness (QED) is 0.376. The summed E-state index contributed by atoms with van der Waals surface area (Å²) in [7, 11) is 1.12. The van der Waals surface area contributed by atoms with E-state index in [1.165, 1.54) is 0 Å². The first-order valence-corrected chi connectivity index (χ1v) is 6.51. The highest BCUT2D eigenvalue weighted by Gasteiger charge is 2.43. The van der Waals surface area contributed by atoms with E-state index in [1.54, 1.807) is 6.92 Å². The number of hydrogen-bond acceptors (Lipinski definition) is 7. The minimum Gasteiger partial charge on any atom is -0.469 e. The lowest BCUT2D eigenvalue weighted by Crippen LogP contribution is -2.44. The molecule has 0 aromatic rings. The van der Waals surface area contributed by atoms with Gasteiger partial charge in [0, 0.05) is 0 Å². The van der Waals surface area contributed by atoms with Gasteiger partial charge in [0.2, 0.25) is 0 Å². The molecule has 0 rings (SSSR count). The van der Waals surface area contributed by atoms with Crippen molar-refractivity contribution in [2.24, 2.45) is 0 Å². The molecule has 0 aliphatic heterocycles. The van der Waals surface area contributed by atoms with Gasteiger partial charge in [-0.1, -0.05) is 13.3 Å². The Morgan fingerprint density at radius 1 is 1.05 bits per heavy atom. The first-order valence-electron chi connectivity index (χ1n) is 6.51. The molecule has 0 heterocycles. The zero-order chi connectivity index (χ0) is 15.6. The maximum atomic E-state index is 11.7. The second-order valence-electron chi connectivity index (χ2n) is 4.26. The zero-order valence-electron chi connectivity index (χ0n) is 12.1. The minimum atomic E-state index is -2.26. The largest absolute Gasteiger partial charge is 0.469 e. The summed E-state index contributed by atoms with van der Waals surface area (Å²) in [6.07, 6.45) is 0.216. The van der Waals surface area contributed by atoms with Gasteiger partial charge in [0.05, 0.1) is 33.2 Å². The monoisotopic (exact) mass is 290 g/mol. The third-order valence-electron chi connectivity index (χ3n) is 2.52. The fraction of sp³-hybridized carbons (Fsp3) is 0.769. The summed E-state index contributed by atoms with van der Waals surface area (Å²) < 4.78 is 13.9. The minimum absolute atomic E-state index is 0.0210. The molecule has 0 amide bonds. The number of carbonyl (C=O) groups excluding carboxylic acids is 3. The van der Waals surface area contributed by atoms with Crippen molar-refractivity contribution in [1.29, 1.82) is 0 Å². The molecule has 0 aliphatic carbocycles. The van der Waals surface area contributed by atoms with E-state index >= 15 is 0 Å². The molecule has 20 heavy (non-hydrogen) atoms. The number of methoxy groups -OCH3 is 1. The summed E-state index contributed by atoms with van der Waals surface area (Å²) in [5, 5.41) is 10.2. The van der Waals surface area contributed by atoms with Gasteiger partial charge in [0.25, 0.3) is 0 Å². The molecule has 1 N–H and O–H groups in total. The van der Waals surface area contributed by atoms with E-state index in [9.17, 15) is 19.5 Å². The van der Waals surface area contributed by atoms with Crippen LogP contribution in [0, 0.1) is 0 Å². The highest BCUT2D eigenvalue weighted by Crippen LogP contribution is 2.19. The Morgan fingerprint density at radius 3 is 2.15 bits per heavy atom. The standard InChI is InChI=1S/C13H22O7/c1-4-6-7-20-11(15)9-13(17,8-10(14)18-3)12(16)19-5-2/h17H,4-9H2,1-3H3. The summed E-state index contributed by atoms with van der Waals surface area (Å²) in [6, 6.07) is 0. The zero-order valence-corrected chi connectivity index (χ0v) is 12.1. The smallest absolute Gasteiger partial charge is 0.339 e. The lowest BCUT2D eigenvalue weighted by molar-refractivity contribution is -0.177. The van der Waals surface area contributed by atoms with Crippen molar-refractivity contribution < 1.29 is 33.7 Å². The lowest BCUT2D eigenvalue weighted by atomic mass is 9.95. The summed E-state index contributed by atoms with van der Waals surface area (Å²) in [6.45, 7) is 3.70. The molecule has 0 fully saturated rings. The summed E-state index contributed by atoms with van der Waals surface area (Å²) >= 11 is 0. The lowest BCUT2D eigenvalue weighted by Gasteiger charge is -2.23. The summed E-state index contributed by atoms with van der Waals surface area (Å²) in [5.74, 6) is -2.63. The van der Waals surface area contributed by atoms with Gasteiger partial charge in [0.1, 0.15) is 0 Å². The van der Waals surface area contributed by atoms with Crippen LogP contribution in [0.1, 0.15) is 39.5 Å². The molecule has 0 saturated heterocycles. The summed E-state index contributed by atoms with van der Waals surface area (Å²) in [5.41, 5.74) is -2.26. The van der Waals surface area contributed by atoms with Crippen molar-refractivity contribution in [3.8, 4) is 0 Å². The molecule has 7 heteroatoms. The van der Waals surface area contributed by atoms with Crippen molar-refractivity contribution >= 4 is 17.9 Å². The Hall–Kier alpha value is -1.63. The van der Waals surface area contributed by atoms with Crippen LogP contribution in [-0.4, -0.2) is 48.9 Å². The number of ether oxygens (including phenoxy) is 3. The fourth-order valence-corrected chi connectivity index (χ4v) is 1.40. The average molecular weight is 290 g/mol. The van der Waals surface area contributed by atoms with Gasteiger partial charge in [-0.2, -0.15) is 0 Å². The van der Waals surface area contributed by atoms with Crippen LogP contribution in [0.5, 0.6) is 0 Å². The Labute approximate surface area is 118 Å². The van der Waals surface area contributed by atoms with Crippen molar-refractivity contribution in [2.45, 2.75) is 45.1 Å². The van der Waals surface area contributed by atoms with Crippen LogP contribution in [0.3, 0.4) is 0 Å². The second-order valence-corrected chi connectivity index (χ2v) is 4.26. The Kier molecular flexibility index (Phi) is 8.54. The molecule has 0 spiro atoms. The first kappa shape index (κ1) is 18.4. The van der Waals surface area contributed by atoms with E-state index in [1.807, 2.05) is 6.92 Å². The first-order chi connectivity index (χ1) is 9.39. The van der Waals surface area contributed by atoms with Crippen LogP contribution in [-0.2, 0) is 28.6 Å². The molecule has 7 nitrogen and oxygen atoms in total. The van der Waals surface area contributed by atoms with Crippen LogP contribution in [0.15, 0.2) is 0 Å². The molecule has 0 aliphatic rings. The molecule has 0 saturated carbocycles. The van der Waals surface area contributed by atoms with Crippen LogP contribution in [0.4, 0.5) is 0 Å². The molecule has 0 radical (unpaired) electrons. The Balaban J connectivity index is 4.71. The van der Waals surface area contributed by atoms with Crippen LogP contribution >= 0.6 is 0 Å². The van der Waals surface area contributed by atoms with Crippen molar-refractivity contribution in [3.05, 3.63) is 0 Å². The highest BCUT2D eigenvalue weighted by molar-refractivity contribution is 5.90. The molecule has 1 unspecified atom stereocenters. The van der Waals surface area contributed by atoms with Crippen LogP contribution in [0.25, 0.3) is 0 Å². The van der Waals surface area contributed by atoms with Crippen molar-refractivity contribution in [3.63, 3.8) is 0 Å². The normalized spacial score (nSPS) is 13.2.